The molecular weight excluding hydrogens is 420 g/mol. The summed E-state index contributed by atoms with van der Waals surface area (Å²) in [4.78, 5) is 24.7. The molecule has 33 heavy (non-hydrogen) atoms. The van der Waals surface area contributed by atoms with Gasteiger partial charge < -0.3 is 14.2 Å². The van der Waals surface area contributed by atoms with Gasteiger partial charge in [-0.15, -0.1) is 0 Å². The van der Waals surface area contributed by atoms with Gasteiger partial charge in [-0.1, -0.05) is 17.7 Å². The Kier molecular flexibility index (Phi) is 8.18. The first kappa shape index (κ1) is 23.5. The van der Waals surface area contributed by atoms with Crippen molar-refractivity contribution in [2.75, 3.05) is 13.2 Å². The van der Waals surface area contributed by atoms with Gasteiger partial charge in [-0.2, -0.15) is 5.10 Å². The molecule has 0 fully saturated rings. The van der Waals surface area contributed by atoms with Crippen molar-refractivity contribution < 1.29 is 23.8 Å². The van der Waals surface area contributed by atoms with Gasteiger partial charge in [0.05, 0.1) is 25.0 Å². The Hall–Kier alpha value is -4.13. The Balaban J connectivity index is 1.68. The Labute approximate surface area is 193 Å². The Morgan fingerprint density at radius 3 is 2.33 bits per heavy atom. The molecular formula is C26H26N2O5. The largest absolute Gasteiger partial charge is 0.494 e. The molecule has 7 nitrogen and oxygen atoms in total. The summed E-state index contributed by atoms with van der Waals surface area (Å²) in [6.07, 6.45) is 1.49. The van der Waals surface area contributed by atoms with Gasteiger partial charge in [0.2, 0.25) is 0 Å². The fraction of sp³-hybridized carbons (Fsp3) is 0.192. The van der Waals surface area contributed by atoms with E-state index in [9.17, 15) is 9.59 Å². The van der Waals surface area contributed by atoms with Crippen LogP contribution in [0.5, 0.6) is 17.2 Å². The molecule has 0 heterocycles. The number of hydrogen-bond donors (Lipinski definition) is 1. The van der Waals surface area contributed by atoms with E-state index in [1.165, 1.54) is 6.21 Å². The first-order valence-corrected chi connectivity index (χ1v) is 10.6. The molecule has 0 atom stereocenters. The number of nitrogens with zero attached hydrogens (tertiary/aromatic N) is 1. The zero-order valence-corrected chi connectivity index (χ0v) is 18.8. The van der Waals surface area contributed by atoms with Gasteiger partial charge in [0, 0.05) is 5.56 Å². The van der Waals surface area contributed by atoms with E-state index in [1.54, 1.807) is 54.6 Å². The highest BCUT2D eigenvalue weighted by Gasteiger charge is 2.13. The summed E-state index contributed by atoms with van der Waals surface area (Å²) in [5.41, 5.74) is 5.08. The normalized spacial score (nSPS) is 10.6. The summed E-state index contributed by atoms with van der Waals surface area (Å²) in [5, 5.41) is 4.01. The lowest BCUT2D eigenvalue weighted by atomic mass is 10.1. The Bertz CT molecular complexity index is 1140. The maximum Gasteiger partial charge on any atom is 0.343 e. The van der Waals surface area contributed by atoms with Gasteiger partial charge in [0.1, 0.15) is 5.75 Å². The van der Waals surface area contributed by atoms with Crippen LogP contribution in [0.25, 0.3) is 0 Å². The van der Waals surface area contributed by atoms with Gasteiger partial charge in [-0.3, -0.25) is 4.79 Å². The van der Waals surface area contributed by atoms with Crippen molar-refractivity contribution in [2.24, 2.45) is 5.10 Å². The zero-order valence-electron chi connectivity index (χ0n) is 18.8. The lowest BCUT2D eigenvalue weighted by molar-refractivity contribution is 0.0728. The van der Waals surface area contributed by atoms with E-state index in [0.717, 1.165) is 5.56 Å². The van der Waals surface area contributed by atoms with Crippen LogP contribution in [0.2, 0.25) is 0 Å². The second kappa shape index (κ2) is 11.5. The van der Waals surface area contributed by atoms with Crippen molar-refractivity contribution in [3.8, 4) is 17.2 Å². The van der Waals surface area contributed by atoms with Gasteiger partial charge >= 0.3 is 5.97 Å². The van der Waals surface area contributed by atoms with Crippen LogP contribution in [0, 0.1) is 6.92 Å². The number of benzene rings is 3. The number of carbonyl (C=O) groups is 2. The van der Waals surface area contributed by atoms with E-state index >= 15 is 0 Å². The fourth-order valence-electron chi connectivity index (χ4n) is 2.99. The molecule has 0 spiro atoms. The predicted molar refractivity (Wildman–Crippen MR) is 126 cm³/mol. The summed E-state index contributed by atoms with van der Waals surface area (Å²) in [6, 6.07) is 19.0. The topological polar surface area (TPSA) is 86.2 Å². The van der Waals surface area contributed by atoms with Crippen LogP contribution in [-0.2, 0) is 0 Å². The molecule has 3 aromatic rings. The number of amides is 1. The summed E-state index contributed by atoms with van der Waals surface area (Å²) in [6.45, 7) is 6.58. The minimum Gasteiger partial charge on any atom is -0.494 e. The highest BCUT2D eigenvalue weighted by atomic mass is 16.6. The van der Waals surface area contributed by atoms with E-state index in [-0.39, 0.29) is 11.7 Å². The number of rotatable bonds is 9. The minimum absolute atomic E-state index is 0.289. The summed E-state index contributed by atoms with van der Waals surface area (Å²) in [5.74, 6) is 0.552. The summed E-state index contributed by atoms with van der Waals surface area (Å²) < 4.78 is 16.6. The van der Waals surface area contributed by atoms with Crippen LogP contribution in [-0.4, -0.2) is 31.3 Å². The van der Waals surface area contributed by atoms with Crippen LogP contribution in [0.1, 0.15) is 45.7 Å². The van der Waals surface area contributed by atoms with Crippen LogP contribution in [0.15, 0.2) is 71.8 Å². The molecule has 3 rings (SSSR count). The van der Waals surface area contributed by atoms with Crippen molar-refractivity contribution in [1.82, 2.24) is 5.43 Å². The molecule has 1 amide bonds. The number of hydrazone groups is 1. The first-order valence-electron chi connectivity index (χ1n) is 10.6. The van der Waals surface area contributed by atoms with Gasteiger partial charge in [0.25, 0.3) is 5.91 Å². The van der Waals surface area contributed by atoms with Gasteiger partial charge in [0.15, 0.2) is 11.5 Å². The van der Waals surface area contributed by atoms with E-state index in [2.05, 4.69) is 10.5 Å². The standard InChI is InChI=1S/C26H26N2O5/c1-4-31-22-12-10-20(11-13-22)26(30)33-23-14-9-19(16-24(23)32-5-2)17-27-28-25(29)21-8-6-7-18(3)15-21/h6-17H,4-5H2,1-3H3,(H,28,29)/b27-17+. The Morgan fingerprint density at radius 1 is 0.879 bits per heavy atom. The van der Waals surface area contributed by atoms with E-state index < -0.39 is 5.97 Å². The van der Waals surface area contributed by atoms with Crippen LogP contribution < -0.4 is 19.6 Å². The second-order valence-corrected chi connectivity index (χ2v) is 7.05. The number of esters is 1. The molecule has 0 aliphatic carbocycles. The summed E-state index contributed by atoms with van der Waals surface area (Å²) >= 11 is 0. The van der Waals surface area contributed by atoms with Crippen molar-refractivity contribution in [2.45, 2.75) is 20.8 Å². The lowest BCUT2D eigenvalue weighted by Crippen LogP contribution is -2.17. The molecule has 170 valence electrons. The van der Waals surface area contributed by atoms with Crippen LogP contribution in [0.3, 0.4) is 0 Å². The highest BCUT2D eigenvalue weighted by Crippen LogP contribution is 2.29. The van der Waals surface area contributed by atoms with Crippen molar-refractivity contribution in [3.63, 3.8) is 0 Å². The molecule has 0 saturated heterocycles. The quantitative estimate of drug-likeness (QED) is 0.221. The molecule has 3 aromatic carbocycles. The molecule has 0 radical (unpaired) electrons. The number of ether oxygens (including phenoxy) is 3. The molecule has 1 N–H and O–H groups in total. The molecule has 0 unspecified atom stereocenters. The molecule has 7 heteroatoms. The van der Waals surface area contributed by atoms with Crippen LogP contribution in [0.4, 0.5) is 0 Å². The van der Waals surface area contributed by atoms with Crippen molar-refractivity contribution in [3.05, 3.63) is 89.0 Å². The average molecular weight is 447 g/mol. The summed E-state index contributed by atoms with van der Waals surface area (Å²) in [7, 11) is 0. The second-order valence-electron chi connectivity index (χ2n) is 7.05. The molecule has 0 aliphatic heterocycles. The molecule has 0 bridgehead atoms. The monoisotopic (exact) mass is 446 g/mol. The zero-order chi connectivity index (χ0) is 23.6. The highest BCUT2D eigenvalue weighted by molar-refractivity contribution is 5.95. The van der Waals surface area contributed by atoms with Crippen molar-refractivity contribution >= 4 is 18.1 Å². The van der Waals surface area contributed by atoms with E-state index in [0.29, 0.717) is 41.4 Å². The third-order valence-electron chi connectivity index (χ3n) is 4.53. The maximum atomic E-state index is 12.5. The maximum absolute atomic E-state index is 12.5. The van der Waals surface area contributed by atoms with E-state index in [1.807, 2.05) is 32.9 Å². The number of hydrogen-bond acceptors (Lipinski definition) is 6. The minimum atomic E-state index is -0.508. The molecule has 0 aromatic heterocycles. The average Bonchev–Trinajstić information content (AvgIpc) is 2.81. The SMILES string of the molecule is CCOc1ccc(C(=O)Oc2ccc(/C=N/NC(=O)c3cccc(C)c3)cc2OCC)cc1. The lowest BCUT2D eigenvalue weighted by Gasteiger charge is -2.11. The predicted octanol–water partition coefficient (Wildman–Crippen LogP) is 4.78. The third-order valence-corrected chi connectivity index (χ3v) is 4.53. The Morgan fingerprint density at radius 2 is 1.64 bits per heavy atom. The van der Waals surface area contributed by atoms with Gasteiger partial charge in [-0.05, 0) is 80.9 Å². The van der Waals surface area contributed by atoms with Gasteiger partial charge in [-0.25, -0.2) is 10.2 Å². The van der Waals surface area contributed by atoms with Crippen LogP contribution >= 0.6 is 0 Å². The number of aryl methyl sites for hydroxylation is 1. The number of nitrogens with one attached hydrogen (secondary N) is 1. The van der Waals surface area contributed by atoms with Crippen molar-refractivity contribution in [1.29, 1.82) is 0 Å². The third kappa shape index (κ3) is 6.67. The molecule has 0 saturated carbocycles. The fourth-order valence-corrected chi connectivity index (χ4v) is 2.99. The number of carbonyl (C=O) groups excluding carboxylic acids is 2. The smallest absolute Gasteiger partial charge is 0.343 e. The molecule has 0 aliphatic rings. The first-order chi connectivity index (χ1) is 16.0. The van der Waals surface area contributed by atoms with E-state index in [4.69, 9.17) is 14.2 Å².